The maximum absolute atomic E-state index is 14.4. The molecule has 0 spiro atoms. The molecule has 4 aromatic rings. The van der Waals surface area contributed by atoms with Crippen LogP contribution in [0.2, 0.25) is 0 Å². The van der Waals surface area contributed by atoms with Crippen LogP contribution in [0, 0.1) is 20.8 Å². The normalized spacial score (nSPS) is 11.9. The molecule has 1 N–H and O–H groups in total. The topological polar surface area (TPSA) is 86.8 Å². The van der Waals surface area contributed by atoms with Gasteiger partial charge < -0.3 is 10.2 Å². The van der Waals surface area contributed by atoms with Gasteiger partial charge in [0.2, 0.25) is 11.8 Å². The van der Waals surface area contributed by atoms with Gasteiger partial charge in [-0.25, -0.2) is 8.42 Å². The number of sulfonamides is 1. The van der Waals surface area contributed by atoms with Crippen molar-refractivity contribution >= 4 is 43.5 Å². The Morgan fingerprint density at radius 3 is 2.09 bits per heavy atom. The minimum absolute atomic E-state index is 0.0801. The van der Waals surface area contributed by atoms with Crippen LogP contribution in [-0.4, -0.2) is 44.8 Å². The Bertz CT molecular complexity index is 1690. The van der Waals surface area contributed by atoms with Crippen molar-refractivity contribution in [2.24, 2.45) is 0 Å². The molecule has 1 atom stereocenters. The molecule has 43 heavy (non-hydrogen) atoms. The van der Waals surface area contributed by atoms with Gasteiger partial charge in [0.05, 0.1) is 10.6 Å². The lowest BCUT2D eigenvalue weighted by Gasteiger charge is -2.34. The van der Waals surface area contributed by atoms with Gasteiger partial charge in [-0.2, -0.15) is 0 Å². The second-order valence-electron chi connectivity index (χ2n) is 10.6. The smallest absolute Gasteiger partial charge is 0.264 e. The fraction of sp³-hybridized carbons (Fsp3) is 0.235. The van der Waals surface area contributed by atoms with Crippen molar-refractivity contribution < 1.29 is 18.0 Å². The molecule has 0 aromatic heterocycles. The van der Waals surface area contributed by atoms with Crippen LogP contribution in [0.15, 0.2) is 106 Å². The first-order valence-electron chi connectivity index (χ1n) is 14.0. The van der Waals surface area contributed by atoms with Gasteiger partial charge in [0.1, 0.15) is 12.6 Å². The van der Waals surface area contributed by atoms with Crippen molar-refractivity contribution in [2.75, 3.05) is 17.9 Å². The van der Waals surface area contributed by atoms with Crippen LogP contribution in [0.3, 0.4) is 0 Å². The Hall–Kier alpha value is -3.95. The van der Waals surface area contributed by atoms with E-state index in [9.17, 15) is 18.0 Å². The average molecular weight is 663 g/mol. The average Bonchev–Trinajstić information content (AvgIpc) is 2.98. The Kier molecular flexibility index (Phi) is 10.4. The summed E-state index contributed by atoms with van der Waals surface area (Å²) >= 11 is 3.49. The number of anilines is 1. The summed E-state index contributed by atoms with van der Waals surface area (Å²) < 4.78 is 30.3. The Balaban J connectivity index is 1.81. The maximum atomic E-state index is 14.4. The molecule has 4 aromatic carbocycles. The lowest BCUT2D eigenvalue weighted by Crippen LogP contribution is -2.53. The third kappa shape index (κ3) is 7.91. The van der Waals surface area contributed by atoms with Gasteiger partial charge in [-0.3, -0.25) is 13.9 Å². The van der Waals surface area contributed by atoms with Crippen LogP contribution < -0.4 is 9.62 Å². The minimum atomic E-state index is -4.15. The van der Waals surface area contributed by atoms with Crippen LogP contribution in [0.1, 0.15) is 27.8 Å². The highest BCUT2D eigenvalue weighted by atomic mass is 79.9. The van der Waals surface area contributed by atoms with E-state index >= 15 is 0 Å². The number of nitrogens with zero attached hydrogens (tertiary/aromatic N) is 2. The Morgan fingerprint density at radius 1 is 0.814 bits per heavy atom. The highest BCUT2D eigenvalue weighted by Gasteiger charge is 2.34. The summed E-state index contributed by atoms with van der Waals surface area (Å²) in [5, 5.41) is 2.71. The number of amides is 2. The summed E-state index contributed by atoms with van der Waals surface area (Å²) in [6.07, 6.45) is 0.258. The molecule has 0 saturated heterocycles. The zero-order valence-electron chi connectivity index (χ0n) is 24.7. The standard InChI is InChI=1S/C34H36BrN3O4S/c1-24-13-16-30(17-14-24)43(41,42)38(31-18-15-25(2)19-26(31)3)23-33(39)37(22-28-11-8-12-29(35)20-28)32(34(40)36-4)21-27-9-6-5-7-10-27/h5-20,32H,21-23H2,1-4H3,(H,36,40). The summed E-state index contributed by atoms with van der Waals surface area (Å²) in [6, 6.07) is 28.1. The molecule has 9 heteroatoms. The number of likely N-dealkylation sites (N-methyl/N-ethyl adjacent to an activating group) is 1. The number of hydrogen-bond donors (Lipinski definition) is 1. The lowest BCUT2D eigenvalue weighted by atomic mass is 10.0. The molecular weight excluding hydrogens is 626 g/mol. The third-order valence-electron chi connectivity index (χ3n) is 7.27. The fourth-order valence-corrected chi connectivity index (χ4v) is 6.91. The molecule has 7 nitrogen and oxygen atoms in total. The zero-order valence-corrected chi connectivity index (χ0v) is 27.2. The van der Waals surface area contributed by atoms with Crippen LogP contribution in [0.25, 0.3) is 0 Å². The maximum Gasteiger partial charge on any atom is 0.264 e. The van der Waals surface area contributed by atoms with Crippen molar-refractivity contribution in [3.8, 4) is 0 Å². The van der Waals surface area contributed by atoms with Gasteiger partial charge in [-0.1, -0.05) is 93.8 Å². The molecule has 2 amide bonds. The molecule has 0 fully saturated rings. The quantitative estimate of drug-likeness (QED) is 0.215. The number of rotatable bonds is 11. The summed E-state index contributed by atoms with van der Waals surface area (Å²) in [6.45, 7) is 5.25. The van der Waals surface area contributed by atoms with Gasteiger partial charge >= 0.3 is 0 Å². The molecule has 224 valence electrons. The zero-order chi connectivity index (χ0) is 31.1. The minimum Gasteiger partial charge on any atom is -0.357 e. The molecular formula is C34H36BrN3O4S. The summed E-state index contributed by atoms with van der Waals surface area (Å²) in [5.74, 6) is -0.841. The van der Waals surface area contributed by atoms with E-state index in [4.69, 9.17) is 0 Å². The van der Waals surface area contributed by atoms with E-state index < -0.39 is 28.5 Å². The predicted molar refractivity (Wildman–Crippen MR) is 174 cm³/mol. The van der Waals surface area contributed by atoms with Gasteiger partial charge in [0, 0.05) is 24.5 Å². The number of benzene rings is 4. The van der Waals surface area contributed by atoms with Gasteiger partial charge in [-0.05, 0) is 67.8 Å². The SMILES string of the molecule is CNC(=O)C(Cc1ccccc1)N(Cc1cccc(Br)c1)C(=O)CN(c1ccc(C)cc1C)S(=O)(=O)c1ccc(C)cc1. The number of hydrogen-bond acceptors (Lipinski definition) is 4. The summed E-state index contributed by atoms with van der Waals surface area (Å²) in [4.78, 5) is 29.3. The third-order valence-corrected chi connectivity index (χ3v) is 9.54. The van der Waals surface area contributed by atoms with Crippen LogP contribution in [0.4, 0.5) is 5.69 Å². The number of carbonyl (C=O) groups is 2. The molecule has 0 saturated carbocycles. The Labute approximate surface area is 262 Å². The van der Waals surface area contributed by atoms with Crippen molar-refractivity contribution in [1.29, 1.82) is 0 Å². The highest BCUT2D eigenvalue weighted by molar-refractivity contribution is 9.10. The van der Waals surface area contributed by atoms with Crippen molar-refractivity contribution in [1.82, 2.24) is 10.2 Å². The van der Waals surface area contributed by atoms with E-state index in [1.807, 2.05) is 87.5 Å². The molecule has 0 heterocycles. The highest BCUT2D eigenvalue weighted by Crippen LogP contribution is 2.29. The Morgan fingerprint density at radius 2 is 1.47 bits per heavy atom. The first kappa shape index (κ1) is 32.0. The monoisotopic (exact) mass is 661 g/mol. The van der Waals surface area contributed by atoms with E-state index in [-0.39, 0.29) is 23.8 Å². The molecule has 4 rings (SSSR count). The van der Waals surface area contributed by atoms with Gasteiger partial charge in [0.15, 0.2) is 0 Å². The van der Waals surface area contributed by atoms with E-state index in [2.05, 4.69) is 21.2 Å². The van der Waals surface area contributed by atoms with E-state index in [1.54, 1.807) is 30.3 Å². The van der Waals surface area contributed by atoms with Crippen LogP contribution in [-0.2, 0) is 32.6 Å². The molecule has 0 aliphatic carbocycles. The number of nitrogens with one attached hydrogen (secondary N) is 1. The van der Waals surface area contributed by atoms with Gasteiger partial charge in [-0.15, -0.1) is 0 Å². The summed E-state index contributed by atoms with van der Waals surface area (Å²) in [5.41, 5.74) is 4.68. The molecule has 0 aliphatic heterocycles. The van der Waals surface area contributed by atoms with Crippen LogP contribution in [0.5, 0.6) is 0 Å². The van der Waals surface area contributed by atoms with Crippen LogP contribution >= 0.6 is 15.9 Å². The van der Waals surface area contributed by atoms with Crippen molar-refractivity contribution in [2.45, 2.75) is 44.7 Å². The van der Waals surface area contributed by atoms with Crippen molar-refractivity contribution in [3.63, 3.8) is 0 Å². The van der Waals surface area contributed by atoms with E-state index in [0.29, 0.717) is 11.3 Å². The second kappa shape index (κ2) is 14.0. The number of aryl methyl sites for hydroxylation is 3. The van der Waals surface area contributed by atoms with Gasteiger partial charge in [0.25, 0.3) is 10.0 Å². The first-order chi connectivity index (χ1) is 20.5. The molecule has 0 bridgehead atoms. The number of halogens is 1. The largest absolute Gasteiger partial charge is 0.357 e. The fourth-order valence-electron chi connectivity index (χ4n) is 4.99. The predicted octanol–water partition coefficient (Wildman–Crippen LogP) is 5.96. The van der Waals surface area contributed by atoms with Crippen molar-refractivity contribution in [3.05, 3.63) is 129 Å². The number of carbonyl (C=O) groups excluding carboxylic acids is 2. The summed E-state index contributed by atoms with van der Waals surface area (Å²) in [7, 11) is -2.61. The first-order valence-corrected chi connectivity index (χ1v) is 16.2. The molecule has 0 radical (unpaired) electrons. The van der Waals surface area contributed by atoms with E-state index in [0.717, 1.165) is 31.0 Å². The van der Waals surface area contributed by atoms with E-state index in [1.165, 1.54) is 11.9 Å². The lowest BCUT2D eigenvalue weighted by molar-refractivity contribution is -0.139. The molecule has 0 aliphatic rings. The molecule has 1 unspecified atom stereocenters. The second-order valence-corrected chi connectivity index (χ2v) is 13.4.